The second-order valence-electron chi connectivity index (χ2n) is 8.14. The van der Waals surface area contributed by atoms with E-state index in [-0.39, 0.29) is 18.4 Å². The number of carbonyl (C=O) groups excluding carboxylic acids is 3. The molecule has 1 unspecified atom stereocenters. The van der Waals surface area contributed by atoms with Crippen LogP contribution in [-0.4, -0.2) is 87.7 Å². The number of alkyl carbamates (subject to hydrolysis) is 1. The number of nitrogens with one attached hydrogen (secondary N) is 2. The van der Waals surface area contributed by atoms with Gasteiger partial charge in [0.15, 0.2) is 0 Å². The Balaban J connectivity index is 1.95. The Bertz CT molecular complexity index is 695. The molecule has 0 radical (unpaired) electrons. The maximum Gasteiger partial charge on any atom is 0.409 e. The van der Waals surface area contributed by atoms with Gasteiger partial charge in [0.25, 0.3) is 0 Å². The highest BCUT2D eigenvalue weighted by Crippen LogP contribution is 2.11. The maximum atomic E-state index is 13.1. The van der Waals surface area contributed by atoms with E-state index in [0.29, 0.717) is 38.5 Å². The third kappa shape index (κ3) is 7.53. The standard InChI is InChI=1S/C19H32N6O5/c1-5-6-11-29-18(28)25-9-7-24(8-10-25)16(26)15(12-14-13-20-23-22-14)21-17(27)30-19(2,3)4/h13,15H,5-12H2,1-4H3,(H,21,27)(H,20,22,23). The van der Waals surface area contributed by atoms with Crippen molar-refractivity contribution in [1.29, 1.82) is 0 Å². The smallest absolute Gasteiger partial charge is 0.409 e. The lowest BCUT2D eigenvalue weighted by Crippen LogP contribution is -2.56. The minimum Gasteiger partial charge on any atom is -0.449 e. The van der Waals surface area contributed by atoms with Crippen molar-refractivity contribution < 1.29 is 23.9 Å². The third-order valence-corrected chi connectivity index (χ3v) is 4.44. The third-order valence-electron chi connectivity index (χ3n) is 4.44. The van der Waals surface area contributed by atoms with E-state index in [9.17, 15) is 14.4 Å². The average molecular weight is 425 g/mol. The fourth-order valence-corrected chi connectivity index (χ4v) is 2.91. The fraction of sp³-hybridized carbons (Fsp3) is 0.737. The van der Waals surface area contributed by atoms with Crippen molar-refractivity contribution in [2.45, 2.75) is 58.6 Å². The predicted molar refractivity (Wildman–Crippen MR) is 108 cm³/mol. The molecule has 1 aromatic rings. The summed E-state index contributed by atoms with van der Waals surface area (Å²) in [5.41, 5.74) is -0.141. The summed E-state index contributed by atoms with van der Waals surface area (Å²) < 4.78 is 10.5. The molecule has 0 bridgehead atoms. The summed E-state index contributed by atoms with van der Waals surface area (Å²) in [5, 5.41) is 12.8. The minimum absolute atomic E-state index is 0.174. The van der Waals surface area contributed by atoms with E-state index in [4.69, 9.17) is 9.47 Å². The van der Waals surface area contributed by atoms with Crippen LogP contribution < -0.4 is 5.32 Å². The van der Waals surface area contributed by atoms with Gasteiger partial charge < -0.3 is 24.6 Å². The van der Waals surface area contributed by atoms with Crippen molar-refractivity contribution in [3.05, 3.63) is 11.9 Å². The molecule has 1 aliphatic rings. The number of amides is 3. The number of aromatic nitrogens is 3. The van der Waals surface area contributed by atoms with Gasteiger partial charge in [0.1, 0.15) is 11.6 Å². The van der Waals surface area contributed by atoms with Gasteiger partial charge in [0, 0.05) is 32.6 Å². The molecule has 0 saturated carbocycles. The van der Waals surface area contributed by atoms with Crippen molar-refractivity contribution in [3.63, 3.8) is 0 Å². The largest absolute Gasteiger partial charge is 0.449 e. The van der Waals surface area contributed by atoms with E-state index in [1.165, 1.54) is 6.20 Å². The van der Waals surface area contributed by atoms with Crippen molar-refractivity contribution in [3.8, 4) is 0 Å². The van der Waals surface area contributed by atoms with Crippen LogP contribution in [0, 0.1) is 0 Å². The Morgan fingerprint density at radius 2 is 1.87 bits per heavy atom. The van der Waals surface area contributed by atoms with E-state index in [0.717, 1.165) is 12.8 Å². The number of nitrogens with zero attached hydrogens (tertiary/aromatic N) is 4. The molecule has 11 nitrogen and oxygen atoms in total. The molecule has 2 heterocycles. The van der Waals surface area contributed by atoms with Crippen molar-refractivity contribution in [2.75, 3.05) is 32.8 Å². The fourth-order valence-electron chi connectivity index (χ4n) is 2.91. The first-order chi connectivity index (χ1) is 14.2. The molecule has 1 fully saturated rings. The lowest BCUT2D eigenvalue weighted by atomic mass is 10.1. The number of unbranched alkanes of at least 4 members (excludes halogenated alkanes) is 1. The van der Waals surface area contributed by atoms with Crippen LogP contribution in [0.4, 0.5) is 9.59 Å². The zero-order valence-corrected chi connectivity index (χ0v) is 18.1. The summed E-state index contributed by atoms with van der Waals surface area (Å²) in [4.78, 5) is 40.6. The van der Waals surface area contributed by atoms with E-state index in [1.54, 1.807) is 30.6 Å². The molecule has 0 spiro atoms. The number of rotatable bonds is 7. The molecule has 1 atom stereocenters. The molecule has 1 aromatic heterocycles. The van der Waals surface area contributed by atoms with Gasteiger partial charge >= 0.3 is 12.2 Å². The zero-order chi connectivity index (χ0) is 22.1. The molecule has 2 N–H and O–H groups in total. The Morgan fingerprint density at radius 1 is 1.20 bits per heavy atom. The van der Waals surface area contributed by atoms with Gasteiger partial charge in [-0.2, -0.15) is 15.4 Å². The number of H-pyrrole nitrogens is 1. The van der Waals surface area contributed by atoms with Crippen molar-refractivity contribution in [1.82, 2.24) is 30.5 Å². The van der Waals surface area contributed by atoms with E-state index < -0.39 is 17.7 Å². The van der Waals surface area contributed by atoms with E-state index in [1.807, 2.05) is 6.92 Å². The molecular formula is C19H32N6O5. The van der Waals surface area contributed by atoms with Crippen LogP contribution in [0.25, 0.3) is 0 Å². The summed E-state index contributed by atoms with van der Waals surface area (Å²) in [6, 6.07) is -0.854. The molecule has 1 saturated heterocycles. The predicted octanol–water partition coefficient (Wildman–Crippen LogP) is 1.32. The normalized spacial score (nSPS) is 15.5. The first-order valence-corrected chi connectivity index (χ1v) is 10.2. The van der Waals surface area contributed by atoms with Crippen LogP contribution in [0.3, 0.4) is 0 Å². The Kier molecular flexibility index (Phi) is 8.43. The molecule has 1 aliphatic heterocycles. The lowest BCUT2D eigenvalue weighted by molar-refractivity contribution is -0.135. The Morgan fingerprint density at radius 3 is 2.43 bits per heavy atom. The first kappa shape index (κ1) is 23.4. The van der Waals surface area contributed by atoms with Crippen LogP contribution in [0.2, 0.25) is 0 Å². The van der Waals surface area contributed by atoms with Crippen molar-refractivity contribution in [2.24, 2.45) is 0 Å². The van der Waals surface area contributed by atoms with Crippen LogP contribution in [0.15, 0.2) is 6.20 Å². The van der Waals surface area contributed by atoms with Gasteiger partial charge in [-0.15, -0.1) is 0 Å². The monoisotopic (exact) mass is 424 g/mol. The zero-order valence-electron chi connectivity index (χ0n) is 18.1. The Hall–Kier alpha value is -2.85. The van der Waals surface area contributed by atoms with Gasteiger partial charge in [-0.1, -0.05) is 13.3 Å². The van der Waals surface area contributed by atoms with Crippen LogP contribution in [0.1, 0.15) is 46.2 Å². The number of aromatic amines is 1. The quantitative estimate of drug-likeness (QED) is 0.631. The van der Waals surface area contributed by atoms with Crippen LogP contribution >= 0.6 is 0 Å². The van der Waals surface area contributed by atoms with Crippen LogP contribution in [-0.2, 0) is 20.7 Å². The van der Waals surface area contributed by atoms with Gasteiger partial charge in [0.05, 0.1) is 18.5 Å². The summed E-state index contributed by atoms with van der Waals surface area (Å²) >= 11 is 0. The molecule has 11 heteroatoms. The number of piperazine rings is 1. The molecule has 3 amide bonds. The summed E-state index contributed by atoms with van der Waals surface area (Å²) in [6.45, 7) is 9.13. The number of carbonyl (C=O) groups is 3. The highest BCUT2D eigenvalue weighted by molar-refractivity contribution is 5.86. The molecule has 0 aromatic carbocycles. The lowest BCUT2D eigenvalue weighted by Gasteiger charge is -2.36. The molecule has 2 rings (SSSR count). The molecule has 168 valence electrons. The van der Waals surface area contributed by atoms with Gasteiger partial charge in [-0.25, -0.2) is 9.59 Å². The average Bonchev–Trinajstić information content (AvgIpc) is 3.19. The molecular weight excluding hydrogens is 392 g/mol. The van der Waals surface area contributed by atoms with E-state index >= 15 is 0 Å². The van der Waals surface area contributed by atoms with E-state index in [2.05, 4.69) is 20.7 Å². The summed E-state index contributed by atoms with van der Waals surface area (Å²) in [7, 11) is 0. The highest BCUT2D eigenvalue weighted by Gasteiger charge is 2.32. The van der Waals surface area contributed by atoms with Crippen molar-refractivity contribution >= 4 is 18.1 Å². The van der Waals surface area contributed by atoms with Gasteiger partial charge in [0.2, 0.25) is 5.91 Å². The summed E-state index contributed by atoms with van der Waals surface area (Å²) in [6.07, 6.45) is 2.41. The Labute approximate surface area is 176 Å². The number of hydrogen-bond acceptors (Lipinski definition) is 7. The van der Waals surface area contributed by atoms with Gasteiger partial charge in [-0.3, -0.25) is 4.79 Å². The SMILES string of the molecule is CCCCOC(=O)N1CCN(C(=O)C(Cc2cn[nH]n2)NC(=O)OC(C)(C)C)CC1. The maximum absolute atomic E-state index is 13.1. The van der Waals surface area contributed by atoms with Gasteiger partial charge in [-0.05, 0) is 27.2 Å². The molecule has 0 aliphatic carbocycles. The second kappa shape index (κ2) is 10.8. The summed E-state index contributed by atoms with van der Waals surface area (Å²) in [5.74, 6) is -0.261. The second-order valence-corrected chi connectivity index (χ2v) is 8.14. The first-order valence-electron chi connectivity index (χ1n) is 10.2. The topological polar surface area (TPSA) is 130 Å². The number of ether oxygens (including phenoxy) is 2. The minimum atomic E-state index is -0.854. The van der Waals surface area contributed by atoms with Crippen LogP contribution in [0.5, 0.6) is 0 Å². The molecule has 30 heavy (non-hydrogen) atoms. The number of hydrogen-bond donors (Lipinski definition) is 2. The highest BCUT2D eigenvalue weighted by atomic mass is 16.6.